The van der Waals surface area contributed by atoms with Crippen molar-refractivity contribution in [1.82, 2.24) is 0 Å². The predicted molar refractivity (Wildman–Crippen MR) is 55.4 cm³/mol. The first-order chi connectivity index (χ1) is 6.56. The molecule has 0 aliphatic heterocycles. The molecule has 1 aromatic carbocycles. The van der Waals surface area contributed by atoms with E-state index in [1.807, 2.05) is 6.07 Å². The Balaban J connectivity index is 2.67. The summed E-state index contributed by atoms with van der Waals surface area (Å²) in [5, 5.41) is 0. The number of benzene rings is 1. The maximum absolute atomic E-state index is 11.4. The van der Waals surface area contributed by atoms with Gasteiger partial charge in [-0.1, -0.05) is 18.2 Å². The number of para-hydroxylation sites is 1. The van der Waals surface area contributed by atoms with Crippen LogP contribution in [0.1, 0.15) is 6.92 Å². The number of carbonyl (C=O) groups excluding carboxylic acids is 1. The van der Waals surface area contributed by atoms with Crippen LogP contribution in [0.4, 0.5) is 0 Å². The zero-order valence-corrected chi connectivity index (χ0v) is 8.62. The van der Waals surface area contributed by atoms with Gasteiger partial charge >= 0.3 is 5.97 Å². The van der Waals surface area contributed by atoms with Gasteiger partial charge in [-0.15, -0.1) is 11.6 Å². The Hall–Kier alpha value is -1.06. The number of nitrogens with two attached hydrogens (primary N) is 1. The SMILES string of the molecule is CC(Cl)(CN)C(=O)Oc1ccccc1. The zero-order valence-electron chi connectivity index (χ0n) is 7.87. The Kier molecular flexibility index (Phi) is 3.49. The molecule has 76 valence electrons. The lowest BCUT2D eigenvalue weighted by Crippen LogP contribution is -2.40. The third-order valence-electron chi connectivity index (χ3n) is 1.76. The molecule has 0 aliphatic rings. The van der Waals surface area contributed by atoms with Crippen LogP contribution in [0.25, 0.3) is 0 Å². The molecular weight excluding hydrogens is 202 g/mol. The molecule has 0 radical (unpaired) electrons. The van der Waals surface area contributed by atoms with E-state index in [9.17, 15) is 4.79 Å². The maximum Gasteiger partial charge on any atom is 0.333 e. The molecule has 1 aromatic rings. The first kappa shape index (κ1) is 11.0. The average Bonchev–Trinajstić information content (AvgIpc) is 2.19. The van der Waals surface area contributed by atoms with Gasteiger partial charge in [0.15, 0.2) is 4.87 Å². The molecule has 0 saturated heterocycles. The monoisotopic (exact) mass is 213 g/mol. The van der Waals surface area contributed by atoms with Crippen LogP contribution in [-0.4, -0.2) is 17.4 Å². The average molecular weight is 214 g/mol. The molecule has 0 bridgehead atoms. The summed E-state index contributed by atoms with van der Waals surface area (Å²) in [6.45, 7) is 1.57. The highest BCUT2D eigenvalue weighted by Crippen LogP contribution is 2.17. The zero-order chi connectivity index (χ0) is 10.6. The van der Waals surface area contributed by atoms with Gasteiger partial charge in [-0.2, -0.15) is 0 Å². The molecule has 1 unspecified atom stereocenters. The van der Waals surface area contributed by atoms with Crippen molar-refractivity contribution in [2.24, 2.45) is 5.73 Å². The Morgan fingerprint density at radius 1 is 1.50 bits per heavy atom. The van der Waals surface area contributed by atoms with Crippen molar-refractivity contribution in [2.45, 2.75) is 11.8 Å². The Morgan fingerprint density at radius 3 is 2.57 bits per heavy atom. The second-order valence-corrected chi connectivity index (χ2v) is 3.94. The highest BCUT2D eigenvalue weighted by Gasteiger charge is 2.31. The van der Waals surface area contributed by atoms with Gasteiger partial charge in [-0.25, -0.2) is 4.79 Å². The summed E-state index contributed by atoms with van der Waals surface area (Å²) in [5.41, 5.74) is 5.33. The predicted octanol–water partition coefficient (Wildman–Crippen LogP) is 1.55. The number of hydrogen-bond acceptors (Lipinski definition) is 3. The van der Waals surface area contributed by atoms with Crippen LogP contribution in [0.15, 0.2) is 30.3 Å². The summed E-state index contributed by atoms with van der Waals surface area (Å²) >= 11 is 5.82. The van der Waals surface area contributed by atoms with E-state index >= 15 is 0 Å². The molecule has 1 rings (SSSR count). The smallest absolute Gasteiger partial charge is 0.333 e. The molecule has 14 heavy (non-hydrogen) atoms. The molecule has 0 saturated carbocycles. The summed E-state index contributed by atoms with van der Waals surface area (Å²) in [6.07, 6.45) is 0. The fourth-order valence-electron chi connectivity index (χ4n) is 0.785. The molecule has 2 N–H and O–H groups in total. The van der Waals surface area contributed by atoms with Gasteiger partial charge in [0.25, 0.3) is 0 Å². The van der Waals surface area contributed by atoms with Gasteiger partial charge < -0.3 is 10.5 Å². The van der Waals surface area contributed by atoms with Crippen LogP contribution in [0.3, 0.4) is 0 Å². The van der Waals surface area contributed by atoms with E-state index in [1.165, 1.54) is 6.92 Å². The fraction of sp³-hybridized carbons (Fsp3) is 0.300. The lowest BCUT2D eigenvalue weighted by molar-refractivity contribution is -0.136. The van der Waals surface area contributed by atoms with E-state index in [-0.39, 0.29) is 6.54 Å². The fourth-order valence-corrected chi connectivity index (χ4v) is 0.824. The molecule has 0 amide bonds. The van der Waals surface area contributed by atoms with Crippen molar-refractivity contribution in [1.29, 1.82) is 0 Å². The molecule has 0 heterocycles. The minimum Gasteiger partial charge on any atom is -0.425 e. The number of alkyl halides is 1. The topological polar surface area (TPSA) is 52.3 Å². The second kappa shape index (κ2) is 4.44. The van der Waals surface area contributed by atoms with Gasteiger partial charge in [-0.3, -0.25) is 0 Å². The van der Waals surface area contributed by atoms with Crippen LogP contribution in [0, 0.1) is 0 Å². The summed E-state index contributed by atoms with van der Waals surface area (Å²) < 4.78 is 5.02. The highest BCUT2D eigenvalue weighted by atomic mass is 35.5. The standard InChI is InChI=1S/C10H12ClNO2/c1-10(11,7-12)9(13)14-8-5-3-2-4-6-8/h2-6H,7,12H2,1H3. The molecule has 3 nitrogen and oxygen atoms in total. The summed E-state index contributed by atoms with van der Waals surface area (Å²) in [5.74, 6) is -0.0642. The van der Waals surface area contributed by atoms with Crippen molar-refractivity contribution in [3.05, 3.63) is 30.3 Å². The molecular formula is C10H12ClNO2. The largest absolute Gasteiger partial charge is 0.425 e. The quantitative estimate of drug-likeness (QED) is 0.471. The minimum atomic E-state index is -1.16. The van der Waals surface area contributed by atoms with Crippen LogP contribution >= 0.6 is 11.6 Å². The first-order valence-electron chi connectivity index (χ1n) is 4.22. The van der Waals surface area contributed by atoms with E-state index in [4.69, 9.17) is 22.1 Å². The van der Waals surface area contributed by atoms with Crippen molar-refractivity contribution in [2.75, 3.05) is 6.54 Å². The first-order valence-corrected chi connectivity index (χ1v) is 4.60. The van der Waals surface area contributed by atoms with Crippen LogP contribution in [-0.2, 0) is 4.79 Å². The van der Waals surface area contributed by atoms with E-state index in [1.54, 1.807) is 24.3 Å². The number of halogens is 1. The van der Waals surface area contributed by atoms with E-state index in [0.717, 1.165) is 0 Å². The Morgan fingerprint density at radius 2 is 2.07 bits per heavy atom. The molecule has 4 heteroatoms. The number of hydrogen-bond donors (Lipinski definition) is 1. The van der Waals surface area contributed by atoms with Crippen molar-refractivity contribution >= 4 is 17.6 Å². The lowest BCUT2D eigenvalue weighted by atomic mass is 10.2. The normalized spacial score (nSPS) is 14.5. The second-order valence-electron chi connectivity index (χ2n) is 3.10. The maximum atomic E-state index is 11.4. The molecule has 0 aliphatic carbocycles. The van der Waals surface area contributed by atoms with Crippen LogP contribution in [0.2, 0.25) is 0 Å². The Bertz CT molecular complexity index is 311. The number of carbonyl (C=O) groups is 1. The van der Waals surface area contributed by atoms with Crippen molar-refractivity contribution in [3.8, 4) is 5.75 Å². The summed E-state index contributed by atoms with van der Waals surface area (Å²) in [7, 11) is 0. The van der Waals surface area contributed by atoms with Gasteiger partial charge in [0.2, 0.25) is 0 Å². The Labute approximate surface area is 87.8 Å². The molecule has 0 spiro atoms. The minimum absolute atomic E-state index is 0.0419. The van der Waals surface area contributed by atoms with Gasteiger partial charge in [0, 0.05) is 6.54 Å². The van der Waals surface area contributed by atoms with E-state index in [0.29, 0.717) is 5.75 Å². The highest BCUT2D eigenvalue weighted by molar-refractivity contribution is 6.34. The van der Waals surface area contributed by atoms with E-state index in [2.05, 4.69) is 0 Å². The third-order valence-corrected chi connectivity index (χ3v) is 2.07. The van der Waals surface area contributed by atoms with Crippen molar-refractivity contribution < 1.29 is 9.53 Å². The number of rotatable bonds is 3. The van der Waals surface area contributed by atoms with Crippen LogP contribution < -0.4 is 10.5 Å². The molecule has 0 fully saturated rings. The lowest BCUT2D eigenvalue weighted by Gasteiger charge is -2.17. The van der Waals surface area contributed by atoms with E-state index < -0.39 is 10.8 Å². The number of esters is 1. The van der Waals surface area contributed by atoms with Crippen LogP contribution in [0.5, 0.6) is 5.75 Å². The van der Waals surface area contributed by atoms with Crippen molar-refractivity contribution in [3.63, 3.8) is 0 Å². The van der Waals surface area contributed by atoms with Gasteiger partial charge in [0.05, 0.1) is 0 Å². The molecule has 1 atom stereocenters. The number of ether oxygens (including phenoxy) is 1. The third kappa shape index (κ3) is 2.72. The summed E-state index contributed by atoms with van der Waals surface area (Å²) in [6, 6.07) is 8.75. The van der Waals surface area contributed by atoms with Gasteiger partial charge in [0.1, 0.15) is 5.75 Å². The van der Waals surface area contributed by atoms with Gasteiger partial charge in [-0.05, 0) is 19.1 Å². The summed E-state index contributed by atoms with van der Waals surface area (Å²) in [4.78, 5) is 10.3. The molecule has 0 aromatic heterocycles.